The van der Waals surface area contributed by atoms with Crippen LogP contribution in [0.15, 0.2) is 30.3 Å². The maximum atomic E-state index is 12.9. The number of benzene rings is 1. The first-order valence-corrected chi connectivity index (χ1v) is 9.88. The molecule has 1 aromatic carbocycles. The van der Waals surface area contributed by atoms with Crippen molar-refractivity contribution in [3.63, 3.8) is 0 Å². The van der Waals surface area contributed by atoms with E-state index in [1.807, 2.05) is 35.2 Å². The van der Waals surface area contributed by atoms with Gasteiger partial charge in [-0.15, -0.1) is 12.4 Å². The Morgan fingerprint density at radius 3 is 2.73 bits per heavy atom. The molecule has 2 aliphatic heterocycles. The molecule has 2 aliphatic rings. The summed E-state index contributed by atoms with van der Waals surface area (Å²) in [4.78, 5) is 14.9. The Hall–Kier alpha value is -1.10. The summed E-state index contributed by atoms with van der Waals surface area (Å²) in [6.45, 7) is 5.23. The molecule has 0 aromatic heterocycles. The van der Waals surface area contributed by atoms with Crippen LogP contribution < -0.4 is 5.32 Å². The minimum absolute atomic E-state index is 0. The third-order valence-corrected chi connectivity index (χ3v) is 6.01. The minimum atomic E-state index is -0.487. The van der Waals surface area contributed by atoms with E-state index in [1.165, 1.54) is 12.8 Å². The second kappa shape index (κ2) is 10.3. The topological polar surface area (TPSA) is 52.6 Å². The lowest BCUT2D eigenvalue weighted by molar-refractivity contribution is -0.133. The van der Waals surface area contributed by atoms with Gasteiger partial charge in [-0.3, -0.25) is 4.79 Å². The number of hydrogen-bond acceptors (Lipinski definition) is 3. The fraction of sp³-hybridized carbons (Fsp3) is 0.667. The van der Waals surface area contributed by atoms with Crippen LogP contribution in [0, 0.1) is 11.8 Å². The van der Waals surface area contributed by atoms with Crippen molar-refractivity contribution in [2.24, 2.45) is 11.8 Å². The summed E-state index contributed by atoms with van der Waals surface area (Å²) >= 11 is 0. The highest BCUT2D eigenvalue weighted by Gasteiger charge is 2.32. The zero-order valence-electron chi connectivity index (χ0n) is 15.8. The molecule has 2 fully saturated rings. The molecule has 26 heavy (non-hydrogen) atoms. The van der Waals surface area contributed by atoms with E-state index in [0.717, 1.165) is 38.0 Å². The van der Waals surface area contributed by atoms with Gasteiger partial charge in [-0.05, 0) is 62.6 Å². The number of carbonyl (C=O) groups is 1. The predicted octanol–water partition coefficient (Wildman–Crippen LogP) is 3.55. The van der Waals surface area contributed by atoms with Gasteiger partial charge in [0.1, 0.15) is 0 Å². The zero-order chi connectivity index (χ0) is 17.6. The molecule has 146 valence electrons. The van der Waals surface area contributed by atoms with Crippen LogP contribution in [0.5, 0.6) is 0 Å². The number of aliphatic hydroxyl groups excluding tert-OH is 1. The van der Waals surface area contributed by atoms with Gasteiger partial charge in [0.15, 0.2) is 0 Å². The molecule has 2 saturated heterocycles. The summed E-state index contributed by atoms with van der Waals surface area (Å²) in [6.07, 6.45) is 5.32. The highest BCUT2D eigenvalue weighted by atomic mass is 35.5. The van der Waals surface area contributed by atoms with Gasteiger partial charge < -0.3 is 15.3 Å². The Morgan fingerprint density at radius 1 is 1.27 bits per heavy atom. The SMILES string of the molecule is CC(CC(=O)N1CCCC1CC(O)c1ccccc1)C1CCCNC1.Cl. The van der Waals surface area contributed by atoms with Gasteiger partial charge >= 0.3 is 0 Å². The van der Waals surface area contributed by atoms with E-state index in [-0.39, 0.29) is 24.4 Å². The van der Waals surface area contributed by atoms with Crippen molar-refractivity contribution in [1.82, 2.24) is 10.2 Å². The Balaban J connectivity index is 0.00000243. The number of amides is 1. The molecule has 3 rings (SSSR count). The lowest BCUT2D eigenvalue weighted by atomic mass is 9.85. The van der Waals surface area contributed by atoms with Crippen LogP contribution in [0.3, 0.4) is 0 Å². The second-order valence-electron chi connectivity index (χ2n) is 7.83. The number of likely N-dealkylation sites (tertiary alicyclic amines) is 1. The molecule has 2 heterocycles. The van der Waals surface area contributed by atoms with E-state index in [4.69, 9.17) is 0 Å². The zero-order valence-corrected chi connectivity index (χ0v) is 16.6. The van der Waals surface area contributed by atoms with Gasteiger partial charge in [-0.1, -0.05) is 37.3 Å². The molecule has 0 bridgehead atoms. The third-order valence-electron chi connectivity index (χ3n) is 6.01. The van der Waals surface area contributed by atoms with Crippen LogP contribution in [-0.4, -0.2) is 41.6 Å². The lowest BCUT2D eigenvalue weighted by Gasteiger charge is -2.31. The molecule has 0 spiro atoms. The van der Waals surface area contributed by atoms with Crippen LogP contribution in [0.4, 0.5) is 0 Å². The van der Waals surface area contributed by atoms with Crippen molar-refractivity contribution in [3.05, 3.63) is 35.9 Å². The summed E-state index contributed by atoms with van der Waals surface area (Å²) in [5, 5.41) is 14.0. The number of piperidine rings is 1. The molecular formula is C21H33ClN2O2. The maximum absolute atomic E-state index is 12.9. The first kappa shape index (κ1) is 21.2. The van der Waals surface area contributed by atoms with Crippen LogP contribution in [-0.2, 0) is 4.79 Å². The number of halogens is 1. The fourth-order valence-corrected chi connectivity index (χ4v) is 4.40. The van der Waals surface area contributed by atoms with Crippen molar-refractivity contribution in [2.75, 3.05) is 19.6 Å². The van der Waals surface area contributed by atoms with Crippen molar-refractivity contribution < 1.29 is 9.90 Å². The summed E-state index contributed by atoms with van der Waals surface area (Å²) in [6, 6.07) is 9.97. The standard InChI is InChI=1S/C21H32N2O2.ClH/c1-16(18-9-5-11-22-15-18)13-21(25)23-12-6-10-19(23)14-20(24)17-7-3-2-4-8-17;/h2-4,7-8,16,18-20,22,24H,5-6,9-15H2,1H3;1H. The van der Waals surface area contributed by atoms with E-state index >= 15 is 0 Å². The number of carbonyl (C=O) groups excluding carboxylic acids is 1. The average Bonchev–Trinajstić information content (AvgIpc) is 3.11. The highest BCUT2D eigenvalue weighted by molar-refractivity contribution is 5.85. The maximum Gasteiger partial charge on any atom is 0.223 e. The largest absolute Gasteiger partial charge is 0.388 e. The molecule has 1 amide bonds. The molecular weight excluding hydrogens is 348 g/mol. The summed E-state index contributed by atoms with van der Waals surface area (Å²) < 4.78 is 0. The normalized spacial score (nSPS) is 25.4. The summed E-state index contributed by atoms with van der Waals surface area (Å²) in [5.74, 6) is 1.33. The van der Waals surface area contributed by atoms with Gasteiger partial charge in [0.2, 0.25) is 5.91 Å². The van der Waals surface area contributed by atoms with Crippen molar-refractivity contribution >= 4 is 18.3 Å². The monoisotopic (exact) mass is 380 g/mol. The Kier molecular flexibility index (Phi) is 8.39. The molecule has 0 aliphatic carbocycles. The third kappa shape index (κ3) is 5.45. The van der Waals surface area contributed by atoms with Gasteiger partial charge in [0.05, 0.1) is 6.10 Å². The molecule has 4 unspecified atom stereocenters. The van der Waals surface area contributed by atoms with E-state index in [1.54, 1.807) is 0 Å². The molecule has 4 atom stereocenters. The molecule has 0 saturated carbocycles. The van der Waals surface area contributed by atoms with Crippen LogP contribution >= 0.6 is 12.4 Å². The Morgan fingerprint density at radius 2 is 2.04 bits per heavy atom. The van der Waals surface area contributed by atoms with Gasteiger partial charge in [-0.25, -0.2) is 0 Å². The molecule has 2 N–H and O–H groups in total. The van der Waals surface area contributed by atoms with Crippen LogP contribution in [0.2, 0.25) is 0 Å². The number of hydrogen-bond donors (Lipinski definition) is 2. The quantitative estimate of drug-likeness (QED) is 0.793. The highest BCUT2D eigenvalue weighted by Crippen LogP contribution is 2.30. The number of nitrogens with zero attached hydrogens (tertiary/aromatic N) is 1. The van der Waals surface area contributed by atoms with Crippen LogP contribution in [0.25, 0.3) is 0 Å². The first-order valence-electron chi connectivity index (χ1n) is 9.88. The minimum Gasteiger partial charge on any atom is -0.388 e. The number of rotatable bonds is 6. The predicted molar refractivity (Wildman–Crippen MR) is 107 cm³/mol. The average molecular weight is 381 g/mol. The lowest BCUT2D eigenvalue weighted by Crippen LogP contribution is -2.39. The van der Waals surface area contributed by atoms with Gasteiger partial charge in [0.25, 0.3) is 0 Å². The smallest absolute Gasteiger partial charge is 0.223 e. The molecule has 0 radical (unpaired) electrons. The summed E-state index contributed by atoms with van der Waals surface area (Å²) in [7, 11) is 0. The number of nitrogens with one attached hydrogen (secondary N) is 1. The number of aliphatic hydroxyl groups is 1. The van der Waals surface area contributed by atoms with E-state index in [0.29, 0.717) is 24.7 Å². The second-order valence-corrected chi connectivity index (χ2v) is 7.83. The fourth-order valence-electron chi connectivity index (χ4n) is 4.40. The molecule has 5 heteroatoms. The summed E-state index contributed by atoms with van der Waals surface area (Å²) in [5.41, 5.74) is 0.948. The van der Waals surface area contributed by atoms with Crippen molar-refractivity contribution in [3.8, 4) is 0 Å². The molecule has 4 nitrogen and oxygen atoms in total. The van der Waals surface area contributed by atoms with Crippen molar-refractivity contribution in [1.29, 1.82) is 0 Å². The van der Waals surface area contributed by atoms with Crippen molar-refractivity contribution in [2.45, 2.75) is 57.6 Å². The van der Waals surface area contributed by atoms with E-state index < -0.39 is 6.10 Å². The van der Waals surface area contributed by atoms with Gasteiger partial charge in [0, 0.05) is 19.0 Å². The Bertz CT molecular complexity index is 548. The Labute approximate surface area is 163 Å². The first-order chi connectivity index (χ1) is 12.1. The van der Waals surface area contributed by atoms with E-state index in [2.05, 4.69) is 12.2 Å². The van der Waals surface area contributed by atoms with E-state index in [9.17, 15) is 9.90 Å². The molecule has 1 aromatic rings. The van der Waals surface area contributed by atoms with Crippen LogP contribution in [0.1, 0.15) is 57.1 Å². The van der Waals surface area contributed by atoms with Gasteiger partial charge in [-0.2, -0.15) is 0 Å².